The Bertz CT molecular complexity index is 858. The minimum Gasteiger partial charge on any atom is -0.458 e. The summed E-state index contributed by atoms with van der Waals surface area (Å²) in [6, 6.07) is 12.2. The van der Waals surface area contributed by atoms with Gasteiger partial charge in [0.15, 0.2) is 0 Å². The van der Waals surface area contributed by atoms with E-state index in [4.69, 9.17) is 4.42 Å². The molecular weight excluding hydrogens is 316 g/mol. The van der Waals surface area contributed by atoms with Crippen molar-refractivity contribution in [2.75, 3.05) is 6.54 Å². The van der Waals surface area contributed by atoms with Crippen LogP contribution < -0.4 is 4.72 Å². The molecule has 0 aliphatic carbocycles. The number of furan rings is 1. The van der Waals surface area contributed by atoms with Crippen LogP contribution in [0.5, 0.6) is 0 Å². The highest BCUT2D eigenvalue weighted by Gasteiger charge is 2.17. The average molecular weight is 332 g/mol. The zero-order valence-electron chi connectivity index (χ0n) is 12.2. The molecule has 0 aliphatic heterocycles. The Kier molecular flexibility index (Phi) is 4.42. The second-order valence-electron chi connectivity index (χ2n) is 5.08. The second kappa shape index (κ2) is 6.49. The number of rotatable bonds is 6. The average Bonchev–Trinajstić information content (AvgIpc) is 2.99. The third kappa shape index (κ3) is 3.58. The Hall–Kier alpha value is -2.22. The predicted octanol–water partition coefficient (Wildman–Crippen LogP) is 2.23. The van der Waals surface area contributed by atoms with Gasteiger partial charge in [-0.05, 0) is 30.7 Å². The summed E-state index contributed by atoms with van der Waals surface area (Å²) in [7, 11) is -3.62. The third-order valence-electron chi connectivity index (χ3n) is 3.43. The summed E-state index contributed by atoms with van der Waals surface area (Å²) >= 11 is 0. The number of fused-ring (bicyclic) bond motifs is 1. The number of hydrogen-bond donors (Lipinski definition) is 2. The zero-order valence-corrected chi connectivity index (χ0v) is 13.0. The molecule has 1 atom stereocenters. The van der Waals surface area contributed by atoms with Gasteiger partial charge in [0.05, 0.1) is 0 Å². The fourth-order valence-corrected chi connectivity index (χ4v) is 3.24. The quantitative estimate of drug-likeness (QED) is 0.722. The molecule has 0 amide bonds. The molecule has 0 fully saturated rings. The van der Waals surface area contributed by atoms with Gasteiger partial charge in [-0.1, -0.05) is 18.2 Å². The molecule has 6 nitrogen and oxygen atoms in total. The van der Waals surface area contributed by atoms with E-state index in [0.717, 1.165) is 5.39 Å². The normalized spacial score (nSPS) is 13.3. The highest BCUT2D eigenvalue weighted by molar-refractivity contribution is 7.89. The lowest BCUT2D eigenvalue weighted by molar-refractivity contribution is 0.144. The van der Waals surface area contributed by atoms with Crippen LogP contribution in [0.25, 0.3) is 11.0 Å². The number of aliphatic hydroxyl groups is 1. The van der Waals surface area contributed by atoms with Crippen molar-refractivity contribution in [3.05, 3.63) is 60.6 Å². The van der Waals surface area contributed by atoms with E-state index in [1.807, 2.05) is 24.3 Å². The lowest BCUT2D eigenvalue weighted by Crippen LogP contribution is -2.26. The van der Waals surface area contributed by atoms with E-state index in [0.29, 0.717) is 11.3 Å². The van der Waals surface area contributed by atoms with Crippen molar-refractivity contribution in [1.29, 1.82) is 0 Å². The molecule has 3 aromatic rings. The number of aromatic nitrogens is 1. The Balaban J connectivity index is 1.62. The number of pyridine rings is 1. The van der Waals surface area contributed by atoms with E-state index < -0.39 is 16.1 Å². The maximum atomic E-state index is 12.0. The van der Waals surface area contributed by atoms with Gasteiger partial charge in [-0.25, -0.2) is 13.1 Å². The summed E-state index contributed by atoms with van der Waals surface area (Å²) in [5.41, 5.74) is 0.692. The van der Waals surface area contributed by atoms with Crippen molar-refractivity contribution < 1.29 is 17.9 Å². The van der Waals surface area contributed by atoms with Crippen molar-refractivity contribution in [3.63, 3.8) is 0 Å². The molecule has 0 bridgehead atoms. The molecule has 0 radical (unpaired) electrons. The van der Waals surface area contributed by atoms with E-state index in [2.05, 4.69) is 9.71 Å². The zero-order chi connectivity index (χ0) is 16.3. The highest BCUT2D eigenvalue weighted by Crippen LogP contribution is 2.25. The van der Waals surface area contributed by atoms with E-state index in [1.165, 1.54) is 18.5 Å². The van der Waals surface area contributed by atoms with Crippen molar-refractivity contribution >= 4 is 21.0 Å². The maximum absolute atomic E-state index is 12.0. The van der Waals surface area contributed by atoms with Gasteiger partial charge in [-0.2, -0.15) is 0 Å². The number of para-hydroxylation sites is 1. The van der Waals surface area contributed by atoms with Crippen LogP contribution in [0.15, 0.2) is 64.2 Å². The lowest BCUT2D eigenvalue weighted by atomic mass is 10.2. The molecule has 0 spiro atoms. The topological polar surface area (TPSA) is 92.4 Å². The molecule has 2 heterocycles. The number of aliphatic hydroxyl groups excluding tert-OH is 1. The highest BCUT2D eigenvalue weighted by atomic mass is 32.2. The summed E-state index contributed by atoms with van der Waals surface area (Å²) in [6.07, 6.45) is 2.11. The van der Waals surface area contributed by atoms with Gasteiger partial charge in [-0.3, -0.25) is 4.98 Å². The van der Waals surface area contributed by atoms with Crippen LogP contribution in [0, 0.1) is 0 Å². The number of benzene rings is 1. The van der Waals surface area contributed by atoms with Crippen LogP contribution in [-0.2, 0) is 10.0 Å². The monoisotopic (exact) mass is 332 g/mol. The smallest absolute Gasteiger partial charge is 0.242 e. The molecule has 0 aliphatic rings. The van der Waals surface area contributed by atoms with E-state index in [9.17, 15) is 13.5 Å². The summed E-state index contributed by atoms with van der Waals surface area (Å²) in [4.78, 5) is 3.88. The van der Waals surface area contributed by atoms with Crippen molar-refractivity contribution in [1.82, 2.24) is 9.71 Å². The largest absolute Gasteiger partial charge is 0.458 e. The van der Waals surface area contributed by atoms with Gasteiger partial charge in [-0.15, -0.1) is 0 Å². The van der Waals surface area contributed by atoms with Crippen LogP contribution in [0.4, 0.5) is 0 Å². The third-order valence-corrected chi connectivity index (χ3v) is 4.87. The van der Waals surface area contributed by atoms with Crippen molar-refractivity contribution in [2.45, 2.75) is 17.4 Å². The van der Waals surface area contributed by atoms with Crippen molar-refractivity contribution in [3.8, 4) is 0 Å². The molecule has 0 unspecified atom stereocenters. The molecular formula is C16H16N2O4S. The Morgan fingerprint density at radius 1 is 1.22 bits per heavy atom. The standard InChI is InChI=1S/C16H16N2O4S/c19-14(16-10-12-4-1-2-6-15(12)22-16)7-9-18-23(20,21)13-5-3-8-17-11-13/h1-6,8,10-11,14,18-19H,7,9H2/t14-/m0/s1. The molecule has 120 valence electrons. The van der Waals surface area contributed by atoms with E-state index >= 15 is 0 Å². The summed E-state index contributed by atoms with van der Waals surface area (Å²) in [6.45, 7) is 0.0927. The van der Waals surface area contributed by atoms with Gasteiger partial charge in [0, 0.05) is 24.3 Å². The summed E-state index contributed by atoms with van der Waals surface area (Å²) < 4.78 is 32.1. The SMILES string of the molecule is O=S(=O)(NCC[C@H](O)c1cc2ccccc2o1)c1cccnc1. The Morgan fingerprint density at radius 3 is 2.78 bits per heavy atom. The van der Waals surface area contributed by atoms with Gasteiger partial charge >= 0.3 is 0 Å². The first kappa shape index (κ1) is 15.7. The molecule has 0 saturated carbocycles. The van der Waals surface area contributed by atoms with Gasteiger partial charge in [0.2, 0.25) is 10.0 Å². The van der Waals surface area contributed by atoms with Crippen LogP contribution in [0.2, 0.25) is 0 Å². The fraction of sp³-hybridized carbons (Fsp3) is 0.188. The number of nitrogens with zero attached hydrogens (tertiary/aromatic N) is 1. The van der Waals surface area contributed by atoms with Crippen LogP contribution >= 0.6 is 0 Å². The molecule has 7 heteroatoms. The van der Waals surface area contributed by atoms with E-state index in [-0.39, 0.29) is 17.9 Å². The molecule has 23 heavy (non-hydrogen) atoms. The van der Waals surface area contributed by atoms with Gasteiger partial charge in [0.1, 0.15) is 22.3 Å². The lowest BCUT2D eigenvalue weighted by Gasteiger charge is -2.09. The predicted molar refractivity (Wildman–Crippen MR) is 85.2 cm³/mol. The van der Waals surface area contributed by atoms with Crippen LogP contribution in [0.1, 0.15) is 18.3 Å². The summed E-state index contributed by atoms with van der Waals surface area (Å²) in [5.74, 6) is 0.423. The van der Waals surface area contributed by atoms with Crippen LogP contribution in [0.3, 0.4) is 0 Å². The molecule has 2 aromatic heterocycles. The minimum atomic E-state index is -3.62. The number of nitrogens with one attached hydrogen (secondary N) is 1. The molecule has 2 N–H and O–H groups in total. The first-order valence-corrected chi connectivity index (χ1v) is 8.61. The summed E-state index contributed by atoms with van der Waals surface area (Å²) in [5, 5.41) is 11.0. The first-order chi connectivity index (χ1) is 11.1. The maximum Gasteiger partial charge on any atom is 0.242 e. The second-order valence-corrected chi connectivity index (χ2v) is 6.84. The number of sulfonamides is 1. The van der Waals surface area contributed by atoms with E-state index in [1.54, 1.807) is 12.1 Å². The Labute approximate surface area is 133 Å². The fourth-order valence-electron chi connectivity index (χ4n) is 2.23. The molecule has 3 rings (SSSR count). The number of hydrogen-bond acceptors (Lipinski definition) is 5. The van der Waals surface area contributed by atoms with Crippen molar-refractivity contribution in [2.24, 2.45) is 0 Å². The molecule has 1 aromatic carbocycles. The van der Waals surface area contributed by atoms with Gasteiger partial charge in [0.25, 0.3) is 0 Å². The van der Waals surface area contributed by atoms with Crippen LogP contribution in [-0.4, -0.2) is 25.1 Å². The minimum absolute atomic E-state index is 0.0927. The van der Waals surface area contributed by atoms with Gasteiger partial charge < -0.3 is 9.52 Å². The first-order valence-electron chi connectivity index (χ1n) is 7.12. The molecule has 0 saturated heterocycles. The Morgan fingerprint density at radius 2 is 2.04 bits per heavy atom.